The topological polar surface area (TPSA) is 84.4 Å². The van der Waals surface area contributed by atoms with Gasteiger partial charge >= 0.3 is 0 Å². The Morgan fingerprint density at radius 3 is 2.95 bits per heavy atom. The Morgan fingerprint density at radius 1 is 1.60 bits per heavy atom. The van der Waals surface area contributed by atoms with Crippen molar-refractivity contribution in [2.24, 2.45) is 5.73 Å². The van der Waals surface area contributed by atoms with Crippen LogP contribution >= 0.6 is 11.3 Å². The number of nitrogens with zero attached hydrogens (tertiary/aromatic N) is 2. The highest BCUT2D eigenvalue weighted by Crippen LogP contribution is 2.17. The zero-order valence-electron chi connectivity index (χ0n) is 11.5. The molecule has 1 unspecified atom stereocenters. The first-order valence-electron chi connectivity index (χ1n) is 6.24. The van der Waals surface area contributed by atoms with E-state index in [0.717, 1.165) is 10.8 Å². The van der Waals surface area contributed by atoms with Gasteiger partial charge in [0, 0.05) is 18.5 Å². The summed E-state index contributed by atoms with van der Waals surface area (Å²) in [4.78, 5) is 18.2. The Kier molecular flexibility index (Phi) is 4.89. The monoisotopic (exact) mass is 294 g/mol. The maximum atomic E-state index is 12.0. The third-order valence-electron chi connectivity index (χ3n) is 2.91. The molecule has 1 atom stereocenters. The van der Waals surface area contributed by atoms with Crippen molar-refractivity contribution >= 4 is 17.2 Å². The summed E-state index contributed by atoms with van der Waals surface area (Å²) in [5.41, 5.74) is 5.90. The van der Waals surface area contributed by atoms with Crippen LogP contribution in [0.4, 0.5) is 0 Å². The van der Waals surface area contributed by atoms with Gasteiger partial charge in [0.1, 0.15) is 16.5 Å². The molecule has 2 rings (SSSR count). The van der Waals surface area contributed by atoms with Crippen molar-refractivity contribution < 1.29 is 9.21 Å². The maximum Gasteiger partial charge on any atom is 0.270 e. The van der Waals surface area contributed by atoms with E-state index >= 15 is 0 Å². The van der Waals surface area contributed by atoms with E-state index in [1.54, 1.807) is 11.6 Å². The zero-order chi connectivity index (χ0) is 14.5. The SMILES string of the molecule is CN(C)C(CNC(=O)c1csc(CN)n1)c1ccco1. The number of hydrogen-bond donors (Lipinski definition) is 2. The average molecular weight is 294 g/mol. The lowest BCUT2D eigenvalue weighted by Gasteiger charge is -2.22. The number of likely N-dealkylation sites (N-methyl/N-ethyl adjacent to an activating group) is 1. The molecule has 0 aromatic carbocycles. The lowest BCUT2D eigenvalue weighted by molar-refractivity contribution is 0.0934. The Balaban J connectivity index is 1.97. The lowest BCUT2D eigenvalue weighted by Crippen LogP contribution is -2.34. The molecule has 0 bridgehead atoms. The molecular weight excluding hydrogens is 276 g/mol. The highest BCUT2D eigenvalue weighted by molar-refractivity contribution is 7.09. The molecular formula is C13H18N4O2S. The number of nitrogens with one attached hydrogen (secondary N) is 1. The van der Waals surface area contributed by atoms with Gasteiger partial charge in [-0.3, -0.25) is 9.69 Å². The molecule has 0 spiro atoms. The number of furan rings is 1. The van der Waals surface area contributed by atoms with Gasteiger partial charge in [0.15, 0.2) is 0 Å². The fraction of sp³-hybridized carbons (Fsp3) is 0.385. The molecule has 1 amide bonds. The fourth-order valence-corrected chi connectivity index (χ4v) is 2.46. The molecule has 3 N–H and O–H groups in total. The summed E-state index contributed by atoms with van der Waals surface area (Å²) in [6, 6.07) is 3.72. The van der Waals surface area contributed by atoms with Gasteiger partial charge in [0.25, 0.3) is 5.91 Å². The van der Waals surface area contributed by atoms with Crippen molar-refractivity contribution in [1.29, 1.82) is 0 Å². The van der Waals surface area contributed by atoms with Gasteiger partial charge in [-0.25, -0.2) is 4.98 Å². The summed E-state index contributed by atoms with van der Waals surface area (Å²) in [6.07, 6.45) is 1.63. The fourth-order valence-electron chi connectivity index (χ4n) is 1.81. The van der Waals surface area contributed by atoms with Gasteiger partial charge < -0.3 is 15.5 Å². The van der Waals surface area contributed by atoms with E-state index in [0.29, 0.717) is 18.8 Å². The largest absolute Gasteiger partial charge is 0.468 e. The predicted molar refractivity (Wildman–Crippen MR) is 77.5 cm³/mol. The van der Waals surface area contributed by atoms with E-state index in [2.05, 4.69) is 10.3 Å². The Hall–Kier alpha value is -1.70. The summed E-state index contributed by atoms with van der Waals surface area (Å²) >= 11 is 1.39. The van der Waals surface area contributed by atoms with Crippen molar-refractivity contribution in [2.75, 3.05) is 20.6 Å². The molecule has 2 heterocycles. The van der Waals surface area contributed by atoms with E-state index in [4.69, 9.17) is 10.2 Å². The van der Waals surface area contributed by atoms with Crippen molar-refractivity contribution in [3.05, 3.63) is 40.2 Å². The second-order valence-corrected chi connectivity index (χ2v) is 5.48. The van der Waals surface area contributed by atoms with Gasteiger partial charge in [-0.15, -0.1) is 11.3 Å². The highest BCUT2D eigenvalue weighted by atomic mass is 32.1. The standard InChI is InChI=1S/C13H18N4O2S/c1-17(2)10(11-4-3-5-19-11)7-15-13(18)9-8-20-12(6-14)16-9/h3-5,8,10H,6-7,14H2,1-2H3,(H,15,18). The van der Waals surface area contributed by atoms with Crippen LogP contribution in [0.5, 0.6) is 0 Å². The summed E-state index contributed by atoms with van der Waals surface area (Å²) in [5.74, 6) is 0.621. The smallest absolute Gasteiger partial charge is 0.270 e. The molecule has 0 fully saturated rings. The van der Waals surface area contributed by atoms with Crippen LogP contribution < -0.4 is 11.1 Å². The minimum atomic E-state index is -0.195. The number of amides is 1. The molecule has 20 heavy (non-hydrogen) atoms. The minimum Gasteiger partial charge on any atom is -0.468 e. The Labute approximate surface area is 121 Å². The second-order valence-electron chi connectivity index (χ2n) is 4.54. The first kappa shape index (κ1) is 14.7. The molecule has 6 nitrogen and oxygen atoms in total. The third kappa shape index (κ3) is 3.44. The maximum absolute atomic E-state index is 12.0. The number of carbonyl (C=O) groups is 1. The quantitative estimate of drug-likeness (QED) is 0.837. The van der Waals surface area contributed by atoms with Crippen molar-refractivity contribution in [3.63, 3.8) is 0 Å². The molecule has 2 aromatic heterocycles. The van der Waals surface area contributed by atoms with Crippen LogP contribution in [-0.4, -0.2) is 36.4 Å². The first-order chi connectivity index (χ1) is 9.61. The summed E-state index contributed by atoms with van der Waals surface area (Å²) in [6.45, 7) is 0.805. The molecule has 0 aliphatic carbocycles. The Bertz CT molecular complexity index is 550. The molecule has 2 aromatic rings. The highest BCUT2D eigenvalue weighted by Gasteiger charge is 2.19. The number of aromatic nitrogens is 1. The number of carbonyl (C=O) groups excluding carboxylic acids is 1. The summed E-state index contributed by atoms with van der Waals surface area (Å²) in [5, 5.41) is 5.34. The van der Waals surface area contributed by atoms with Gasteiger partial charge in [0.2, 0.25) is 0 Å². The average Bonchev–Trinajstić information content (AvgIpc) is 3.09. The molecule has 0 aliphatic rings. The minimum absolute atomic E-state index is 0.0124. The summed E-state index contributed by atoms with van der Waals surface area (Å²) < 4.78 is 5.39. The predicted octanol–water partition coefficient (Wildman–Crippen LogP) is 1.23. The van der Waals surface area contributed by atoms with Crippen molar-refractivity contribution in [3.8, 4) is 0 Å². The van der Waals surface area contributed by atoms with E-state index in [9.17, 15) is 4.79 Å². The van der Waals surface area contributed by atoms with Crippen LogP contribution in [0.1, 0.15) is 27.3 Å². The van der Waals surface area contributed by atoms with E-state index in [1.165, 1.54) is 11.3 Å². The molecule has 7 heteroatoms. The second kappa shape index (κ2) is 6.65. The van der Waals surface area contributed by atoms with Crippen LogP contribution in [0.15, 0.2) is 28.2 Å². The lowest BCUT2D eigenvalue weighted by atomic mass is 10.2. The van der Waals surface area contributed by atoms with Crippen LogP contribution in [0.3, 0.4) is 0 Å². The van der Waals surface area contributed by atoms with Crippen LogP contribution in [0.2, 0.25) is 0 Å². The number of rotatable bonds is 6. The van der Waals surface area contributed by atoms with Crippen LogP contribution in [0, 0.1) is 0 Å². The normalized spacial score (nSPS) is 12.6. The first-order valence-corrected chi connectivity index (χ1v) is 7.12. The third-order valence-corrected chi connectivity index (χ3v) is 3.78. The number of hydrogen-bond acceptors (Lipinski definition) is 6. The summed E-state index contributed by atoms with van der Waals surface area (Å²) in [7, 11) is 3.88. The van der Waals surface area contributed by atoms with Crippen molar-refractivity contribution in [2.45, 2.75) is 12.6 Å². The van der Waals surface area contributed by atoms with Gasteiger partial charge in [0.05, 0.1) is 12.3 Å². The Morgan fingerprint density at radius 2 is 2.40 bits per heavy atom. The van der Waals surface area contributed by atoms with Crippen LogP contribution in [-0.2, 0) is 6.54 Å². The van der Waals surface area contributed by atoms with E-state index in [-0.39, 0.29) is 11.9 Å². The van der Waals surface area contributed by atoms with Crippen LogP contribution in [0.25, 0.3) is 0 Å². The molecule has 0 radical (unpaired) electrons. The van der Waals surface area contributed by atoms with E-state index in [1.807, 2.05) is 31.1 Å². The zero-order valence-corrected chi connectivity index (χ0v) is 12.3. The molecule has 0 saturated carbocycles. The number of thiazole rings is 1. The molecule has 0 aliphatic heterocycles. The van der Waals surface area contributed by atoms with Gasteiger partial charge in [-0.05, 0) is 26.2 Å². The van der Waals surface area contributed by atoms with Gasteiger partial charge in [-0.1, -0.05) is 0 Å². The molecule has 108 valence electrons. The number of nitrogens with two attached hydrogens (primary N) is 1. The van der Waals surface area contributed by atoms with Gasteiger partial charge in [-0.2, -0.15) is 0 Å². The van der Waals surface area contributed by atoms with Crippen molar-refractivity contribution in [1.82, 2.24) is 15.2 Å². The van der Waals surface area contributed by atoms with E-state index < -0.39 is 0 Å². The molecule has 0 saturated heterocycles.